The van der Waals surface area contributed by atoms with Crippen LogP contribution in [0.5, 0.6) is 0 Å². The van der Waals surface area contributed by atoms with Crippen LogP contribution in [0, 0.1) is 0 Å². The molecule has 0 radical (unpaired) electrons. The first-order chi connectivity index (χ1) is 9.95. The zero-order valence-corrected chi connectivity index (χ0v) is 12.3. The van der Waals surface area contributed by atoms with E-state index < -0.39 is 23.7 Å². The molecule has 2 N–H and O–H groups in total. The number of amides is 1. The van der Waals surface area contributed by atoms with Crippen LogP contribution in [-0.4, -0.2) is 28.8 Å². The van der Waals surface area contributed by atoms with Crippen molar-refractivity contribution in [1.29, 1.82) is 0 Å². The Morgan fingerprint density at radius 3 is 2.57 bits per heavy atom. The van der Waals surface area contributed by atoms with Crippen molar-refractivity contribution in [2.75, 3.05) is 0 Å². The largest absolute Gasteiger partial charge is 0.480 e. The summed E-state index contributed by atoms with van der Waals surface area (Å²) in [6.45, 7) is 1.91. The second-order valence-electron chi connectivity index (χ2n) is 4.38. The fourth-order valence-electron chi connectivity index (χ4n) is 1.75. The van der Waals surface area contributed by atoms with Crippen LogP contribution in [0.1, 0.15) is 36.5 Å². The smallest absolute Gasteiger partial charge is 0.326 e. The Balaban J connectivity index is 2.84. The Kier molecular flexibility index (Phi) is 7.14. The summed E-state index contributed by atoms with van der Waals surface area (Å²) in [6, 6.07) is 4.90. The molecule has 21 heavy (non-hydrogen) atoms. The Hall–Kier alpha value is -1.63. The molecule has 1 rings (SSSR count). The number of alkyl halides is 2. The molecule has 0 aliphatic carbocycles. The highest BCUT2D eigenvalue weighted by molar-refractivity contribution is 7.99. The monoisotopic (exact) mass is 317 g/mol. The highest BCUT2D eigenvalue weighted by Gasteiger charge is 2.22. The van der Waals surface area contributed by atoms with Gasteiger partial charge in [0, 0.05) is 4.90 Å². The van der Waals surface area contributed by atoms with Crippen molar-refractivity contribution >= 4 is 23.6 Å². The third-order valence-corrected chi connectivity index (χ3v) is 3.59. The number of halogens is 2. The lowest BCUT2D eigenvalue weighted by Crippen LogP contribution is -2.40. The van der Waals surface area contributed by atoms with E-state index in [0.717, 1.165) is 6.42 Å². The maximum Gasteiger partial charge on any atom is 0.326 e. The highest BCUT2D eigenvalue weighted by Crippen LogP contribution is 2.28. The first-order valence-corrected chi connectivity index (χ1v) is 7.41. The van der Waals surface area contributed by atoms with Crippen LogP contribution >= 0.6 is 11.8 Å². The van der Waals surface area contributed by atoms with Gasteiger partial charge in [-0.15, -0.1) is 0 Å². The molecule has 116 valence electrons. The van der Waals surface area contributed by atoms with E-state index in [1.807, 2.05) is 6.92 Å². The molecular weight excluding hydrogens is 300 g/mol. The fourth-order valence-corrected chi connectivity index (χ4v) is 2.39. The Morgan fingerprint density at radius 1 is 1.33 bits per heavy atom. The molecule has 1 aromatic rings. The van der Waals surface area contributed by atoms with Crippen molar-refractivity contribution in [3.63, 3.8) is 0 Å². The van der Waals surface area contributed by atoms with E-state index in [1.54, 1.807) is 12.1 Å². The van der Waals surface area contributed by atoms with Crippen molar-refractivity contribution in [2.45, 2.75) is 42.9 Å². The average Bonchev–Trinajstić information content (AvgIpc) is 2.42. The first kappa shape index (κ1) is 17.4. The minimum absolute atomic E-state index is 0.0607. The normalized spacial score (nSPS) is 12.2. The lowest BCUT2D eigenvalue weighted by atomic mass is 10.1. The molecular formula is C14H17F2NO3S. The van der Waals surface area contributed by atoms with Gasteiger partial charge in [-0.05, 0) is 18.6 Å². The summed E-state index contributed by atoms with van der Waals surface area (Å²) in [5.74, 6) is -4.42. The maximum atomic E-state index is 12.5. The van der Waals surface area contributed by atoms with Gasteiger partial charge in [-0.25, -0.2) is 4.79 Å². The third-order valence-electron chi connectivity index (χ3n) is 2.80. The molecule has 0 aromatic heterocycles. The summed E-state index contributed by atoms with van der Waals surface area (Å²) in [4.78, 5) is 23.3. The van der Waals surface area contributed by atoms with Crippen LogP contribution in [0.15, 0.2) is 29.2 Å². The number of hydrogen-bond acceptors (Lipinski definition) is 3. The van der Waals surface area contributed by atoms with Crippen molar-refractivity contribution in [1.82, 2.24) is 5.32 Å². The van der Waals surface area contributed by atoms with Gasteiger partial charge in [0.25, 0.3) is 11.7 Å². The van der Waals surface area contributed by atoms with Gasteiger partial charge in [-0.2, -0.15) is 8.78 Å². The number of aliphatic carboxylic acids is 1. The maximum absolute atomic E-state index is 12.5. The molecule has 0 heterocycles. The number of carboxylic acid groups (broad SMARTS) is 1. The third kappa shape index (κ3) is 5.71. The summed E-state index contributed by atoms with van der Waals surface area (Å²) < 4.78 is 24.9. The second-order valence-corrected chi connectivity index (χ2v) is 5.41. The number of hydrogen-bond donors (Lipinski definition) is 2. The number of carboxylic acids is 1. The predicted octanol–water partition coefficient (Wildman–Crippen LogP) is 3.37. The minimum Gasteiger partial charge on any atom is -0.480 e. The molecule has 0 saturated heterocycles. The van der Waals surface area contributed by atoms with Crippen LogP contribution in [0.4, 0.5) is 8.78 Å². The lowest BCUT2D eigenvalue weighted by molar-refractivity contribution is -0.139. The zero-order chi connectivity index (χ0) is 15.8. The average molecular weight is 317 g/mol. The standard InChI is InChI=1S/C14H17F2NO3S/c1-2-3-7-10(13(19)20)17-12(18)9-6-4-5-8-11(9)21-14(15)16/h4-6,8,10,14H,2-3,7H2,1H3,(H,17,18)(H,19,20). The SMILES string of the molecule is CCCCC(NC(=O)c1ccccc1SC(F)F)C(=O)O. The summed E-state index contributed by atoms with van der Waals surface area (Å²) in [6.07, 6.45) is 1.77. The first-order valence-electron chi connectivity index (χ1n) is 6.53. The van der Waals surface area contributed by atoms with Crippen LogP contribution in [0.25, 0.3) is 0 Å². The molecule has 4 nitrogen and oxygen atoms in total. The highest BCUT2D eigenvalue weighted by atomic mass is 32.2. The van der Waals surface area contributed by atoms with E-state index in [9.17, 15) is 18.4 Å². The van der Waals surface area contributed by atoms with Crippen molar-refractivity contribution in [3.05, 3.63) is 29.8 Å². The molecule has 0 saturated carbocycles. The fraction of sp³-hybridized carbons (Fsp3) is 0.429. The van der Waals surface area contributed by atoms with Crippen LogP contribution in [0.3, 0.4) is 0 Å². The van der Waals surface area contributed by atoms with Gasteiger partial charge >= 0.3 is 5.97 Å². The zero-order valence-electron chi connectivity index (χ0n) is 11.5. The van der Waals surface area contributed by atoms with Crippen LogP contribution < -0.4 is 5.32 Å². The summed E-state index contributed by atoms with van der Waals surface area (Å²) in [5.41, 5.74) is 0.0607. The number of unbranched alkanes of at least 4 members (excludes halogenated alkanes) is 1. The quantitative estimate of drug-likeness (QED) is 0.721. The predicted molar refractivity (Wildman–Crippen MR) is 76.7 cm³/mol. The van der Waals surface area contributed by atoms with Gasteiger partial charge in [0.2, 0.25) is 0 Å². The van der Waals surface area contributed by atoms with Gasteiger partial charge in [-0.1, -0.05) is 43.7 Å². The van der Waals surface area contributed by atoms with Gasteiger partial charge in [0.1, 0.15) is 6.04 Å². The number of thioether (sulfide) groups is 1. The lowest BCUT2D eigenvalue weighted by Gasteiger charge is -2.15. The Labute approximate surface area is 125 Å². The molecule has 0 spiro atoms. The van der Waals surface area contributed by atoms with Crippen molar-refractivity contribution in [2.24, 2.45) is 0 Å². The van der Waals surface area contributed by atoms with Crippen molar-refractivity contribution in [3.8, 4) is 0 Å². The molecule has 1 atom stereocenters. The van der Waals surface area contributed by atoms with E-state index in [1.165, 1.54) is 12.1 Å². The van der Waals surface area contributed by atoms with Crippen LogP contribution in [-0.2, 0) is 4.79 Å². The minimum atomic E-state index is -2.64. The van der Waals surface area contributed by atoms with E-state index in [2.05, 4.69) is 5.32 Å². The number of nitrogens with one attached hydrogen (secondary N) is 1. The number of benzene rings is 1. The molecule has 1 aromatic carbocycles. The van der Waals surface area contributed by atoms with Crippen LogP contribution in [0.2, 0.25) is 0 Å². The van der Waals surface area contributed by atoms with Gasteiger partial charge in [-0.3, -0.25) is 4.79 Å². The Morgan fingerprint density at radius 2 is 2.00 bits per heavy atom. The van der Waals surface area contributed by atoms with Gasteiger partial charge < -0.3 is 10.4 Å². The number of rotatable bonds is 8. The topological polar surface area (TPSA) is 66.4 Å². The molecule has 0 aliphatic heterocycles. The summed E-state index contributed by atoms with van der Waals surface area (Å²) in [7, 11) is 0. The molecule has 0 aliphatic rings. The van der Waals surface area contributed by atoms with E-state index >= 15 is 0 Å². The van der Waals surface area contributed by atoms with Gasteiger partial charge in [0.05, 0.1) is 5.56 Å². The molecule has 7 heteroatoms. The van der Waals surface area contributed by atoms with E-state index in [4.69, 9.17) is 5.11 Å². The number of carbonyl (C=O) groups is 2. The Bertz CT molecular complexity index is 497. The second kappa shape index (κ2) is 8.61. The van der Waals surface area contributed by atoms with E-state index in [-0.39, 0.29) is 22.2 Å². The molecule has 1 amide bonds. The number of carbonyl (C=O) groups excluding carboxylic acids is 1. The van der Waals surface area contributed by atoms with Crippen molar-refractivity contribution < 1.29 is 23.5 Å². The van der Waals surface area contributed by atoms with Gasteiger partial charge in [0.15, 0.2) is 0 Å². The summed E-state index contributed by atoms with van der Waals surface area (Å²) in [5, 5.41) is 11.5. The molecule has 1 unspecified atom stereocenters. The van der Waals surface area contributed by atoms with E-state index in [0.29, 0.717) is 12.8 Å². The molecule has 0 fully saturated rings. The summed E-state index contributed by atoms with van der Waals surface area (Å²) >= 11 is 0.265. The molecule has 0 bridgehead atoms.